The highest BCUT2D eigenvalue weighted by atomic mass is 19.1. The van der Waals surface area contributed by atoms with Gasteiger partial charge in [0.15, 0.2) is 0 Å². The van der Waals surface area contributed by atoms with Gasteiger partial charge in [-0.25, -0.2) is 18.4 Å². The first-order valence-corrected chi connectivity index (χ1v) is 10.3. The van der Waals surface area contributed by atoms with Crippen LogP contribution in [0.15, 0.2) is 36.4 Å². The first kappa shape index (κ1) is 23.5. The van der Waals surface area contributed by atoms with E-state index in [1.807, 2.05) is 20.8 Å². The Kier molecular flexibility index (Phi) is 8.51. The van der Waals surface area contributed by atoms with Crippen molar-refractivity contribution in [3.63, 3.8) is 0 Å². The number of rotatable bonds is 10. The second-order valence-corrected chi connectivity index (χ2v) is 7.54. The largest absolute Gasteiger partial charge is 0.478 e. The van der Waals surface area contributed by atoms with Gasteiger partial charge in [0.1, 0.15) is 11.6 Å². The number of aromatic carboxylic acids is 1. The fraction of sp³-hybridized carbons (Fsp3) is 0.417. The zero-order chi connectivity index (χ0) is 22.3. The van der Waals surface area contributed by atoms with E-state index in [0.717, 1.165) is 24.5 Å². The van der Waals surface area contributed by atoms with Crippen molar-refractivity contribution in [2.24, 2.45) is 0 Å². The zero-order valence-corrected chi connectivity index (χ0v) is 17.6. The van der Waals surface area contributed by atoms with Gasteiger partial charge in [-0.05, 0) is 85.0 Å². The van der Waals surface area contributed by atoms with Gasteiger partial charge in [0.25, 0.3) is 0 Å². The molecule has 0 aromatic heterocycles. The summed E-state index contributed by atoms with van der Waals surface area (Å²) in [7, 11) is 0. The van der Waals surface area contributed by atoms with E-state index < -0.39 is 23.6 Å². The van der Waals surface area contributed by atoms with Gasteiger partial charge >= 0.3 is 11.9 Å². The molecule has 2 aromatic rings. The monoisotopic (exact) mass is 418 g/mol. The SMILES string of the molecule is CCC(CC)c1cc(F)cc(C(=O)OCCCC(C)c2cc(F)cc(C(=O)O)c2)c1. The van der Waals surface area contributed by atoms with Crippen molar-refractivity contribution in [1.82, 2.24) is 0 Å². The molecule has 0 fully saturated rings. The van der Waals surface area contributed by atoms with E-state index in [1.54, 1.807) is 6.07 Å². The van der Waals surface area contributed by atoms with Crippen molar-refractivity contribution in [2.45, 2.75) is 58.3 Å². The molecule has 1 N–H and O–H groups in total. The highest BCUT2D eigenvalue weighted by Gasteiger charge is 2.16. The van der Waals surface area contributed by atoms with E-state index in [0.29, 0.717) is 18.4 Å². The van der Waals surface area contributed by atoms with Crippen molar-refractivity contribution >= 4 is 11.9 Å². The molecule has 0 aliphatic heterocycles. The number of carboxylic acids is 1. The number of benzene rings is 2. The van der Waals surface area contributed by atoms with E-state index >= 15 is 0 Å². The Morgan fingerprint density at radius 3 is 2.10 bits per heavy atom. The Morgan fingerprint density at radius 2 is 1.50 bits per heavy atom. The first-order chi connectivity index (χ1) is 14.2. The smallest absolute Gasteiger partial charge is 0.338 e. The van der Waals surface area contributed by atoms with Gasteiger partial charge in [0, 0.05) is 0 Å². The first-order valence-electron chi connectivity index (χ1n) is 10.3. The molecule has 0 aliphatic carbocycles. The number of carbonyl (C=O) groups excluding carboxylic acids is 1. The lowest BCUT2D eigenvalue weighted by Gasteiger charge is -2.15. The molecule has 4 nitrogen and oxygen atoms in total. The second kappa shape index (κ2) is 10.9. The number of carboxylic acid groups (broad SMARTS) is 1. The molecule has 1 unspecified atom stereocenters. The van der Waals surface area contributed by atoms with Crippen molar-refractivity contribution in [3.05, 3.63) is 70.3 Å². The molecule has 2 aromatic carbocycles. The van der Waals surface area contributed by atoms with Gasteiger partial charge < -0.3 is 9.84 Å². The molecule has 0 bridgehead atoms. The minimum Gasteiger partial charge on any atom is -0.478 e. The van der Waals surface area contributed by atoms with Crippen LogP contribution in [-0.2, 0) is 4.74 Å². The molecule has 30 heavy (non-hydrogen) atoms. The molecular weight excluding hydrogens is 390 g/mol. The average Bonchev–Trinajstić information content (AvgIpc) is 2.70. The lowest BCUT2D eigenvalue weighted by molar-refractivity contribution is 0.0495. The van der Waals surface area contributed by atoms with Crippen LogP contribution in [0, 0.1) is 11.6 Å². The summed E-state index contributed by atoms with van der Waals surface area (Å²) in [5, 5.41) is 9.05. The summed E-state index contributed by atoms with van der Waals surface area (Å²) in [6, 6.07) is 8.07. The number of esters is 1. The Bertz CT molecular complexity index is 891. The van der Waals surface area contributed by atoms with E-state index in [1.165, 1.54) is 24.3 Å². The van der Waals surface area contributed by atoms with Gasteiger partial charge in [-0.15, -0.1) is 0 Å². The zero-order valence-electron chi connectivity index (χ0n) is 17.6. The minimum atomic E-state index is -1.18. The van der Waals surface area contributed by atoms with Crippen LogP contribution in [0.25, 0.3) is 0 Å². The fourth-order valence-corrected chi connectivity index (χ4v) is 3.55. The Morgan fingerprint density at radius 1 is 0.933 bits per heavy atom. The highest BCUT2D eigenvalue weighted by molar-refractivity contribution is 5.89. The van der Waals surface area contributed by atoms with Crippen molar-refractivity contribution in [2.75, 3.05) is 6.61 Å². The van der Waals surface area contributed by atoms with Gasteiger partial charge in [0.05, 0.1) is 17.7 Å². The Labute approximate surface area is 175 Å². The third-order valence-electron chi connectivity index (χ3n) is 5.36. The van der Waals surface area contributed by atoms with Crippen molar-refractivity contribution in [1.29, 1.82) is 0 Å². The molecular formula is C24H28F2O4. The molecule has 0 spiro atoms. The molecule has 0 radical (unpaired) electrons. The predicted molar refractivity (Wildman–Crippen MR) is 111 cm³/mol. The van der Waals surface area contributed by atoms with Crippen LogP contribution < -0.4 is 0 Å². The average molecular weight is 418 g/mol. The third kappa shape index (κ3) is 6.37. The fourth-order valence-electron chi connectivity index (χ4n) is 3.55. The number of hydrogen-bond donors (Lipinski definition) is 1. The summed E-state index contributed by atoms with van der Waals surface area (Å²) < 4.78 is 32.9. The highest BCUT2D eigenvalue weighted by Crippen LogP contribution is 2.26. The van der Waals surface area contributed by atoms with Crippen molar-refractivity contribution in [3.8, 4) is 0 Å². The van der Waals surface area contributed by atoms with E-state index in [4.69, 9.17) is 9.84 Å². The Balaban J connectivity index is 1.93. The summed E-state index contributed by atoms with van der Waals surface area (Å²) in [5.41, 5.74) is 1.48. The van der Waals surface area contributed by atoms with Crippen LogP contribution in [-0.4, -0.2) is 23.7 Å². The lowest BCUT2D eigenvalue weighted by Crippen LogP contribution is -2.09. The Hall–Kier alpha value is -2.76. The molecule has 0 heterocycles. The number of carbonyl (C=O) groups is 2. The number of halogens is 2. The van der Waals surface area contributed by atoms with Crippen LogP contribution in [0.3, 0.4) is 0 Å². The van der Waals surface area contributed by atoms with Gasteiger partial charge in [-0.2, -0.15) is 0 Å². The molecule has 162 valence electrons. The molecule has 2 rings (SSSR count). The molecule has 0 aliphatic rings. The van der Waals surface area contributed by atoms with Gasteiger partial charge in [-0.1, -0.05) is 20.8 Å². The molecule has 6 heteroatoms. The van der Waals surface area contributed by atoms with Gasteiger partial charge in [0.2, 0.25) is 0 Å². The molecule has 1 atom stereocenters. The maximum Gasteiger partial charge on any atom is 0.338 e. The van der Waals surface area contributed by atoms with Crippen LogP contribution in [0.1, 0.15) is 90.1 Å². The predicted octanol–water partition coefficient (Wildman–Crippen LogP) is 6.31. The summed E-state index contributed by atoms with van der Waals surface area (Å²) in [4.78, 5) is 23.4. The van der Waals surface area contributed by atoms with Crippen LogP contribution in [0.2, 0.25) is 0 Å². The van der Waals surface area contributed by atoms with E-state index in [9.17, 15) is 18.4 Å². The summed E-state index contributed by atoms with van der Waals surface area (Å²) in [5.74, 6) is -2.72. The van der Waals surface area contributed by atoms with Crippen LogP contribution in [0.5, 0.6) is 0 Å². The maximum atomic E-state index is 13.9. The van der Waals surface area contributed by atoms with Crippen molar-refractivity contribution < 1.29 is 28.2 Å². The van der Waals surface area contributed by atoms with Crippen LogP contribution >= 0.6 is 0 Å². The third-order valence-corrected chi connectivity index (χ3v) is 5.36. The van der Waals surface area contributed by atoms with Crippen LogP contribution in [0.4, 0.5) is 8.78 Å². The second-order valence-electron chi connectivity index (χ2n) is 7.54. The lowest BCUT2D eigenvalue weighted by atomic mass is 9.92. The topological polar surface area (TPSA) is 63.6 Å². The summed E-state index contributed by atoms with van der Waals surface area (Å²) >= 11 is 0. The number of hydrogen-bond acceptors (Lipinski definition) is 3. The summed E-state index contributed by atoms with van der Waals surface area (Å²) in [6.45, 7) is 6.05. The maximum absolute atomic E-state index is 13.9. The minimum absolute atomic E-state index is 0.0948. The summed E-state index contributed by atoms with van der Waals surface area (Å²) in [6.07, 6.45) is 2.81. The quantitative estimate of drug-likeness (QED) is 0.363. The molecule has 0 saturated heterocycles. The normalized spacial score (nSPS) is 12.1. The van der Waals surface area contributed by atoms with E-state index in [-0.39, 0.29) is 29.6 Å². The molecule has 0 amide bonds. The van der Waals surface area contributed by atoms with Gasteiger partial charge in [-0.3, -0.25) is 0 Å². The van der Waals surface area contributed by atoms with E-state index in [2.05, 4.69) is 0 Å². The molecule has 0 saturated carbocycles. The number of ether oxygens (including phenoxy) is 1. The standard InChI is InChI=1S/C24H28F2O4/c1-4-16(5-2)18-10-20(14-22(26)12-18)24(29)30-8-6-7-15(3)17-9-19(23(27)28)13-21(25)11-17/h9-16H,4-8H2,1-3H3,(H,27,28).